The quantitative estimate of drug-likeness (QED) is 0.772. The molecule has 2 fully saturated rings. The molecule has 2 N–H and O–H groups in total. The Morgan fingerprint density at radius 1 is 1.50 bits per heavy atom. The Kier molecular flexibility index (Phi) is 3.56. The SMILES string of the molecule is CC(C)(C)OC(=O)N1CC2(CCCC(CN)O2)C1. The van der Waals surface area contributed by atoms with Gasteiger partial charge in [0, 0.05) is 6.54 Å². The highest BCUT2D eigenvalue weighted by molar-refractivity contribution is 5.69. The number of rotatable bonds is 1. The molecule has 2 heterocycles. The summed E-state index contributed by atoms with van der Waals surface area (Å²) >= 11 is 0. The van der Waals surface area contributed by atoms with E-state index in [9.17, 15) is 4.79 Å². The number of carbonyl (C=O) groups excluding carboxylic acids is 1. The lowest BCUT2D eigenvalue weighted by Gasteiger charge is -2.53. The van der Waals surface area contributed by atoms with Gasteiger partial charge in [-0.2, -0.15) is 0 Å². The number of ether oxygens (including phenoxy) is 2. The van der Waals surface area contributed by atoms with Crippen LogP contribution >= 0.6 is 0 Å². The standard InChI is InChI=1S/C13H24N2O3/c1-12(2,3)18-11(16)15-8-13(9-15)6-4-5-10(7-14)17-13/h10H,4-9,14H2,1-3H3. The number of hydrogen-bond donors (Lipinski definition) is 1. The summed E-state index contributed by atoms with van der Waals surface area (Å²) < 4.78 is 11.3. The van der Waals surface area contributed by atoms with E-state index in [1.54, 1.807) is 4.90 Å². The molecule has 0 aromatic heterocycles. The van der Waals surface area contributed by atoms with Gasteiger partial charge in [-0.3, -0.25) is 0 Å². The lowest BCUT2D eigenvalue weighted by atomic mass is 9.85. The summed E-state index contributed by atoms with van der Waals surface area (Å²) in [6.07, 6.45) is 3.09. The normalized spacial score (nSPS) is 26.9. The Morgan fingerprint density at radius 2 is 2.17 bits per heavy atom. The van der Waals surface area contributed by atoms with E-state index in [0.717, 1.165) is 19.3 Å². The Bertz CT molecular complexity index is 319. The van der Waals surface area contributed by atoms with Crippen molar-refractivity contribution in [1.82, 2.24) is 4.90 Å². The Hall–Kier alpha value is -0.810. The van der Waals surface area contributed by atoms with E-state index in [-0.39, 0.29) is 17.8 Å². The summed E-state index contributed by atoms with van der Waals surface area (Å²) in [5.74, 6) is 0. The monoisotopic (exact) mass is 256 g/mol. The molecular formula is C13H24N2O3. The van der Waals surface area contributed by atoms with E-state index in [1.165, 1.54) is 0 Å². The van der Waals surface area contributed by atoms with Crippen LogP contribution in [0.15, 0.2) is 0 Å². The molecule has 0 radical (unpaired) electrons. The fraction of sp³-hybridized carbons (Fsp3) is 0.923. The molecule has 0 aliphatic carbocycles. The first-order valence-electron chi connectivity index (χ1n) is 6.69. The smallest absolute Gasteiger partial charge is 0.410 e. The number of likely N-dealkylation sites (tertiary alicyclic amines) is 1. The zero-order chi connectivity index (χ0) is 13.4. The van der Waals surface area contributed by atoms with Gasteiger partial charge in [-0.05, 0) is 40.0 Å². The van der Waals surface area contributed by atoms with Crippen LogP contribution in [0.2, 0.25) is 0 Å². The molecule has 0 aromatic rings. The van der Waals surface area contributed by atoms with Crippen LogP contribution in [0.4, 0.5) is 4.79 Å². The highest BCUT2D eigenvalue weighted by Gasteiger charge is 2.49. The molecule has 1 unspecified atom stereocenters. The van der Waals surface area contributed by atoms with Crippen LogP contribution in [0.3, 0.4) is 0 Å². The molecule has 2 aliphatic heterocycles. The summed E-state index contributed by atoms with van der Waals surface area (Å²) in [4.78, 5) is 13.6. The number of carbonyl (C=O) groups is 1. The maximum Gasteiger partial charge on any atom is 0.410 e. The van der Waals surface area contributed by atoms with Gasteiger partial charge in [0.25, 0.3) is 0 Å². The van der Waals surface area contributed by atoms with Gasteiger partial charge < -0.3 is 20.1 Å². The molecule has 5 heteroatoms. The third-order valence-electron chi connectivity index (χ3n) is 3.45. The Morgan fingerprint density at radius 3 is 2.72 bits per heavy atom. The van der Waals surface area contributed by atoms with Gasteiger partial charge in [0.2, 0.25) is 0 Å². The topological polar surface area (TPSA) is 64.8 Å². The number of nitrogens with zero attached hydrogens (tertiary/aromatic N) is 1. The van der Waals surface area contributed by atoms with E-state index in [1.807, 2.05) is 20.8 Å². The first-order valence-corrected chi connectivity index (χ1v) is 6.69. The molecule has 104 valence electrons. The lowest BCUT2D eigenvalue weighted by molar-refractivity contribution is -0.190. The van der Waals surface area contributed by atoms with E-state index in [0.29, 0.717) is 19.6 Å². The average Bonchev–Trinajstić information content (AvgIpc) is 2.23. The van der Waals surface area contributed by atoms with Crippen LogP contribution in [-0.4, -0.2) is 47.9 Å². The average molecular weight is 256 g/mol. The summed E-state index contributed by atoms with van der Waals surface area (Å²) in [6.45, 7) is 7.47. The maximum absolute atomic E-state index is 11.8. The molecule has 1 amide bonds. The fourth-order valence-corrected chi connectivity index (χ4v) is 2.63. The number of nitrogens with two attached hydrogens (primary N) is 1. The second-order valence-corrected chi connectivity index (χ2v) is 6.39. The molecule has 1 atom stereocenters. The maximum atomic E-state index is 11.8. The van der Waals surface area contributed by atoms with Crippen LogP contribution < -0.4 is 5.73 Å². The Balaban J connectivity index is 1.84. The molecule has 0 aromatic carbocycles. The molecule has 1 spiro atoms. The van der Waals surface area contributed by atoms with Crippen molar-refractivity contribution in [2.45, 2.75) is 57.3 Å². The number of amides is 1. The summed E-state index contributed by atoms with van der Waals surface area (Å²) in [5.41, 5.74) is 5.06. The second kappa shape index (κ2) is 4.70. The van der Waals surface area contributed by atoms with Crippen LogP contribution in [0.5, 0.6) is 0 Å². The van der Waals surface area contributed by atoms with Crippen molar-refractivity contribution in [3.63, 3.8) is 0 Å². The van der Waals surface area contributed by atoms with Crippen molar-refractivity contribution in [3.05, 3.63) is 0 Å². The highest BCUT2D eigenvalue weighted by atomic mass is 16.6. The predicted molar refractivity (Wildman–Crippen MR) is 68.3 cm³/mol. The van der Waals surface area contributed by atoms with Crippen LogP contribution in [-0.2, 0) is 9.47 Å². The van der Waals surface area contributed by atoms with Crippen molar-refractivity contribution in [1.29, 1.82) is 0 Å². The summed E-state index contributed by atoms with van der Waals surface area (Å²) in [6, 6.07) is 0. The van der Waals surface area contributed by atoms with Crippen molar-refractivity contribution in [2.75, 3.05) is 19.6 Å². The van der Waals surface area contributed by atoms with Crippen molar-refractivity contribution >= 4 is 6.09 Å². The van der Waals surface area contributed by atoms with Gasteiger partial charge in [-0.15, -0.1) is 0 Å². The van der Waals surface area contributed by atoms with Crippen molar-refractivity contribution in [3.8, 4) is 0 Å². The van der Waals surface area contributed by atoms with Crippen molar-refractivity contribution < 1.29 is 14.3 Å². The van der Waals surface area contributed by atoms with Crippen LogP contribution in [0, 0.1) is 0 Å². The molecular weight excluding hydrogens is 232 g/mol. The van der Waals surface area contributed by atoms with E-state index < -0.39 is 5.60 Å². The molecule has 2 aliphatic rings. The zero-order valence-corrected chi connectivity index (χ0v) is 11.6. The second-order valence-electron chi connectivity index (χ2n) is 6.39. The zero-order valence-electron chi connectivity index (χ0n) is 11.6. The van der Waals surface area contributed by atoms with Crippen LogP contribution in [0.25, 0.3) is 0 Å². The largest absolute Gasteiger partial charge is 0.444 e. The van der Waals surface area contributed by atoms with Crippen molar-refractivity contribution in [2.24, 2.45) is 5.73 Å². The molecule has 0 bridgehead atoms. The highest BCUT2D eigenvalue weighted by Crippen LogP contribution is 2.36. The molecule has 2 saturated heterocycles. The van der Waals surface area contributed by atoms with E-state index in [2.05, 4.69) is 0 Å². The minimum absolute atomic E-state index is 0.152. The Labute approximate surface area is 109 Å². The van der Waals surface area contributed by atoms with Gasteiger partial charge in [0.05, 0.1) is 19.2 Å². The third kappa shape index (κ3) is 2.95. The predicted octanol–water partition coefficient (Wildman–Crippen LogP) is 1.50. The summed E-state index contributed by atoms with van der Waals surface area (Å²) in [7, 11) is 0. The summed E-state index contributed by atoms with van der Waals surface area (Å²) in [5, 5.41) is 0. The molecule has 18 heavy (non-hydrogen) atoms. The van der Waals surface area contributed by atoms with Gasteiger partial charge in [0.15, 0.2) is 0 Å². The van der Waals surface area contributed by atoms with Gasteiger partial charge in [-0.25, -0.2) is 4.79 Å². The fourth-order valence-electron chi connectivity index (χ4n) is 2.63. The van der Waals surface area contributed by atoms with Crippen LogP contribution in [0.1, 0.15) is 40.0 Å². The first kappa shape index (κ1) is 13.6. The molecule has 0 saturated carbocycles. The lowest BCUT2D eigenvalue weighted by Crippen LogP contribution is -2.67. The molecule has 2 rings (SSSR count). The third-order valence-corrected chi connectivity index (χ3v) is 3.45. The van der Waals surface area contributed by atoms with Gasteiger partial charge in [-0.1, -0.05) is 0 Å². The van der Waals surface area contributed by atoms with Gasteiger partial charge in [0.1, 0.15) is 11.2 Å². The molecule has 5 nitrogen and oxygen atoms in total. The van der Waals surface area contributed by atoms with E-state index in [4.69, 9.17) is 15.2 Å². The first-order chi connectivity index (χ1) is 8.34. The minimum Gasteiger partial charge on any atom is -0.444 e. The van der Waals surface area contributed by atoms with E-state index >= 15 is 0 Å². The number of hydrogen-bond acceptors (Lipinski definition) is 4. The van der Waals surface area contributed by atoms with Gasteiger partial charge >= 0.3 is 6.09 Å². The minimum atomic E-state index is -0.437.